The van der Waals surface area contributed by atoms with Crippen LogP contribution in [-0.2, 0) is 54.3 Å². The lowest BCUT2D eigenvalue weighted by Crippen LogP contribution is -2.59. The molecule has 1 heterocycles. The van der Waals surface area contributed by atoms with Crippen molar-refractivity contribution in [2.24, 2.45) is 50.7 Å². The molecule has 3 unspecified atom stereocenters. The zero-order valence-corrected chi connectivity index (χ0v) is 42.1. The standard InChI is InChI=1S/C48H73N13O12/c1-25(23-26(2)36(73-7)24-31-13-9-8-10-14-31)17-18-32-27(3)39(63)60-35(45(69)70)19-20-37(62)55-29(5)41(65)56-30(6)42(66)59-34(16-12-22-54-48(51)52)44(68)61-38(46(71)72)28(4)40(64)58-33(43(67)57-32)15-11-21-53-47(49)50/h8-10,13-14,17-18,23,26-28,30,32-36,38H,5,11-12,15-16,19-22,24H2,1-4,6-7H3,(H,55,62)(H,56,65)(H,57,67)(H,58,64)(H,59,66)(H,60,63)(H,61,68)(H,69,70)(H,71,72)(H4,49,50,53)(H4,51,52,54)/b18-17+,25-23+/t26-,27-,28-,30+,32?,33?,34-,35+,36-,38?/m0/s1. The number of nitrogens with one attached hydrogen (secondary N) is 7. The van der Waals surface area contributed by atoms with Gasteiger partial charge < -0.3 is 75.1 Å². The molecule has 25 heteroatoms. The van der Waals surface area contributed by atoms with Crippen LogP contribution in [0, 0.1) is 17.8 Å². The normalized spacial score (nSPS) is 24.6. The van der Waals surface area contributed by atoms with Crippen LogP contribution < -0.4 is 60.2 Å². The van der Waals surface area contributed by atoms with E-state index < -0.39 is 120 Å². The van der Waals surface area contributed by atoms with Crippen molar-refractivity contribution in [2.75, 3.05) is 20.2 Å². The molecule has 0 bridgehead atoms. The van der Waals surface area contributed by atoms with Gasteiger partial charge in [0, 0.05) is 32.5 Å². The minimum absolute atomic E-state index is 0.00367. The van der Waals surface area contributed by atoms with Gasteiger partial charge in [-0.2, -0.15) is 0 Å². The number of carbonyl (C=O) groups excluding carboxylic acids is 7. The van der Waals surface area contributed by atoms with Crippen LogP contribution in [0.3, 0.4) is 0 Å². The lowest BCUT2D eigenvalue weighted by Gasteiger charge is -2.28. The number of aliphatic carboxylic acids is 2. The highest BCUT2D eigenvalue weighted by Gasteiger charge is 2.37. The fourth-order valence-electron chi connectivity index (χ4n) is 7.35. The zero-order valence-electron chi connectivity index (χ0n) is 42.1. The Kier molecular flexibility index (Phi) is 25.9. The van der Waals surface area contributed by atoms with Crippen LogP contribution in [0.4, 0.5) is 0 Å². The summed E-state index contributed by atoms with van der Waals surface area (Å²) in [7, 11) is 1.60. The molecule has 10 atom stereocenters. The lowest BCUT2D eigenvalue weighted by atomic mass is 9.94. The number of carbonyl (C=O) groups is 9. The van der Waals surface area contributed by atoms with Crippen molar-refractivity contribution in [3.05, 3.63) is 72.0 Å². The predicted octanol–water partition coefficient (Wildman–Crippen LogP) is -1.72. The van der Waals surface area contributed by atoms with Gasteiger partial charge in [0.1, 0.15) is 30.2 Å². The van der Waals surface area contributed by atoms with Gasteiger partial charge in [0.2, 0.25) is 35.4 Å². The first-order chi connectivity index (χ1) is 34.3. The Balaban J connectivity index is 2.71. The third-order valence-corrected chi connectivity index (χ3v) is 11.7. The summed E-state index contributed by atoms with van der Waals surface area (Å²) in [5, 5.41) is 37.4. The van der Waals surface area contributed by atoms with Gasteiger partial charge in [-0.3, -0.25) is 43.5 Å². The van der Waals surface area contributed by atoms with Crippen LogP contribution in [0.2, 0.25) is 0 Å². The highest BCUT2D eigenvalue weighted by atomic mass is 16.5. The third kappa shape index (κ3) is 22.0. The Labute approximate surface area is 424 Å². The molecule has 402 valence electrons. The second-order valence-electron chi connectivity index (χ2n) is 17.7. The summed E-state index contributed by atoms with van der Waals surface area (Å²) in [6, 6.07) is 0.625. The van der Waals surface area contributed by atoms with E-state index in [1.54, 1.807) is 20.1 Å². The largest absolute Gasteiger partial charge is 0.480 e. The molecule has 7 amide bonds. The molecular weight excluding hydrogens is 951 g/mol. The second kappa shape index (κ2) is 30.8. The average Bonchev–Trinajstić information content (AvgIpc) is 3.32. The Bertz CT molecular complexity index is 2250. The Morgan fingerprint density at radius 3 is 1.85 bits per heavy atom. The fraction of sp³-hybridized carbons (Fsp3) is 0.521. The second-order valence-corrected chi connectivity index (χ2v) is 17.7. The number of hydrogen-bond acceptors (Lipinski definition) is 12. The SMILES string of the molecule is C=C1NC(=O)CC[C@H](C(=O)O)NC(=O)[C@@H](C)C(/C=C/C(C)=C/[C@H](C)[C@H](Cc2ccccc2)OC)NC(=O)C(CCCN=C(N)N)NC(=O)[C@@H](C)C(C(=O)O)NC(=O)[C@H](CCCN=C(N)N)NC(=O)[C@@H](C)NC1=O. The number of aliphatic imine (C=N–C) groups is 2. The first-order valence-electron chi connectivity index (χ1n) is 23.7. The van der Waals surface area contributed by atoms with Crippen LogP contribution in [0.15, 0.2) is 76.4 Å². The van der Waals surface area contributed by atoms with Crippen LogP contribution in [0.5, 0.6) is 0 Å². The summed E-state index contributed by atoms with van der Waals surface area (Å²) in [6.07, 6.45) is 4.35. The summed E-state index contributed by atoms with van der Waals surface area (Å²) in [5.41, 5.74) is 23.1. The lowest BCUT2D eigenvalue weighted by molar-refractivity contribution is -0.146. The minimum Gasteiger partial charge on any atom is -0.480 e. The molecule has 1 aliphatic heterocycles. The number of benzene rings is 1. The van der Waals surface area contributed by atoms with E-state index in [1.165, 1.54) is 26.8 Å². The summed E-state index contributed by atoms with van der Waals surface area (Å²) < 4.78 is 5.81. The quantitative estimate of drug-likeness (QED) is 0.0271. The van der Waals surface area contributed by atoms with Gasteiger partial charge in [-0.15, -0.1) is 0 Å². The minimum atomic E-state index is -1.95. The molecule has 1 fully saturated rings. The number of guanidine groups is 2. The maximum atomic E-state index is 14.4. The number of allylic oxidation sites excluding steroid dienone is 2. The molecule has 1 aromatic rings. The summed E-state index contributed by atoms with van der Waals surface area (Å²) in [4.78, 5) is 128. The van der Waals surface area contributed by atoms with Crippen LogP contribution in [0.1, 0.15) is 78.7 Å². The first kappa shape index (κ1) is 61.3. The zero-order chi connectivity index (χ0) is 54.9. The van der Waals surface area contributed by atoms with E-state index in [-0.39, 0.29) is 62.7 Å². The smallest absolute Gasteiger partial charge is 0.327 e. The molecule has 0 aliphatic carbocycles. The van der Waals surface area contributed by atoms with Gasteiger partial charge in [0.15, 0.2) is 11.9 Å². The monoisotopic (exact) mass is 1020 g/mol. The number of nitrogens with zero attached hydrogens (tertiary/aromatic N) is 2. The van der Waals surface area contributed by atoms with Crippen molar-refractivity contribution < 1.29 is 58.1 Å². The molecule has 0 spiro atoms. The molecule has 73 heavy (non-hydrogen) atoms. The number of ether oxygens (including phenoxy) is 1. The van der Waals surface area contributed by atoms with E-state index in [9.17, 15) is 53.4 Å². The van der Waals surface area contributed by atoms with Gasteiger partial charge in [-0.25, -0.2) is 9.59 Å². The molecular formula is C48H73N13O12. The van der Waals surface area contributed by atoms with Crippen molar-refractivity contribution >= 4 is 65.2 Å². The van der Waals surface area contributed by atoms with E-state index in [0.29, 0.717) is 12.0 Å². The fourth-order valence-corrected chi connectivity index (χ4v) is 7.35. The average molecular weight is 1020 g/mol. The molecule has 0 aromatic heterocycles. The van der Waals surface area contributed by atoms with Crippen molar-refractivity contribution in [1.82, 2.24) is 37.2 Å². The van der Waals surface area contributed by atoms with Crippen LogP contribution >= 0.6 is 0 Å². The van der Waals surface area contributed by atoms with E-state index in [0.717, 1.165) is 5.56 Å². The summed E-state index contributed by atoms with van der Waals surface area (Å²) >= 11 is 0. The maximum absolute atomic E-state index is 14.4. The Morgan fingerprint density at radius 1 is 0.767 bits per heavy atom. The van der Waals surface area contributed by atoms with Gasteiger partial charge in [0.25, 0.3) is 5.91 Å². The summed E-state index contributed by atoms with van der Waals surface area (Å²) in [6.45, 7) is 11.1. The van der Waals surface area contributed by atoms with E-state index in [2.05, 4.69) is 53.8 Å². The summed E-state index contributed by atoms with van der Waals surface area (Å²) in [5.74, 6) is -13.2. The molecule has 1 aromatic carbocycles. The van der Waals surface area contributed by atoms with E-state index >= 15 is 0 Å². The highest BCUT2D eigenvalue weighted by Crippen LogP contribution is 2.18. The Morgan fingerprint density at radius 2 is 1.32 bits per heavy atom. The number of rotatable bonds is 17. The number of nitrogens with two attached hydrogens (primary N) is 4. The van der Waals surface area contributed by atoms with Crippen molar-refractivity contribution in [3.8, 4) is 0 Å². The number of methoxy groups -OCH3 is 1. The topological polar surface area (TPSA) is 416 Å². The third-order valence-electron chi connectivity index (χ3n) is 11.7. The molecule has 17 N–H and O–H groups in total. The molecule has 2 rings (SSSR count). The van der Waals surface area contributed by atoms with Crippen molar-refractivity contribution in [3.63, 3.8) is 0 Å². The van der Waals surface area contributed by atoms with Gasteiger partial charge >= 0.3 is 11.9 Å². The van der Waals surface area contributed by atoms with E-state index in [4.69, 9.17) is 27.7 Å². The van der Waals surface area contributed by atoms with Crippen LogP contribution in [0.25, 0.3) is 0 Å². The molecule has 1 aliphatic rings. The molecule has 25 nitrogen and oxygen atoms in total. The number of hydrogen-bond donors (Lipinski definition) is 13. The van der Waals surface area contributed by atoms with Crippen LogP contribution in [-0.4, -0.2) is 138 Å². The molecule has 0 radical (unpaired) electrons. The Hall–Kier alpha value is -7.83. The predicted molar refractivity (Wildman–Crippen MR) is 270 cm³/mol. The van der Waals surface area contributed by atoms with Crippen molar-refractivity contribution in [1.29, 1.82) is 0 Å². The van der Waals surface area contributed by atoms with Gasteiger partial charge in [0.05, 0.1) is 29.7 Å². The molecule has 1 saturated heterocycles. The number of carboxylic acids is 2. The van der Waals surface area contributed by atoms with E-state index in [1.807, 2.05) is 43.3 Å². The number of carboxylic acid groups (broad SMARTS) is 2. The highest BCUT2D eigenvalue weighted by molar-refractivity contribution is 6.00. The number of amides is 7. The van der Waals surface area contributed by atoms with Gasteiger partial charge in [-0.1, -0.05) is 81.5 Å². The van der Waals surface area contributed by atoms with Gasteiger partial charge in [-0.05, 0) is 57.9 Å². The first-order valence-corrected chi connectivity index (χ1v) is 23.7. The maximum Gasteiger partial charge on any atom is 0.327 e. The molecule has 0 saturated carbocycles. The van der Waals surface area contributed by atoms with Crippen molar-refractivity contribution in [2.45, 2.75) is 122 Å².